The molecule has 1 heterocycles. The van der Waals surface area contributed by atoms with Gasteiger partial charge in [0.05, 0.1) is 12.3 Å². The predicted molar refractivity (Wildman–Crippen MR) is 88.9 cm³/mol. The smallest absolute Gasteiger partial charge is 0.150 e. The molecule has 22 heavy (non-hydrogen) atoms. The van der Waals surface area contributed by atoms with E-state index in [1.165, 1.54) is 16.7 Å². The van der Waals surface area contributed by atoms with E-state index in [-0.39, 0.29) is 0 Å². The molecule has 0 N–H and O–H groups in total. The Bertz CT molecular complexity index is 674. The van der Waals surface area contributed by atoms with Crippen molar-refractivity contribution >= 4 is 12.0 Å². The summed E-state index contributed by atoms with van der Waals surface area (Å²) in [6, 6.07) is 12.3. The molecule has 0 bridgehead atoms. The van der Waals surface area contributed by atoms with Gasteiger partial charge >= 0.3 is 0 Å². The number of anilines is 1. The van der Waals surface area contributed by atoms with Crippen LogP contribution in [0.1, 0.15) is 33.5 Å². The summed E-state index contributed by atoms with van der Waals surface area (Å²) in [5.74, 6) is 0.868. The number of hydrogen-bond donors (Lipinski definition) is 0. The number of benzene rings is 2. The summed E-state index contributed by atoms with van der Waals surface area (Å²) in [5.41, 5.74) is 5.56. The zero-order valence-corrected chi connectivity index (χ0v) is 13.1. The summed E-state index contributed by atoms with van der Waals surface area (Å²) in [6.45, 7) is 6.74. The van der Waals surface area contributed by atoms with Crippen LogP contribution in [0.15, 0.2) is 36.4 Å². The summed E-state index contributed by atoms with van der Waals surface area (Å²) < 4.78 is 5.81. The second-order valence-electron chi connectivity index (χ2n) is 5.96. The van der Waals surface area contributed by atoms with Gasteiger partial charge in [-0.1, -0.05) is 29.3 Å². The molecule has 0 aromatic heterocycles. The lowest BCUT2D eigenvalue weighted by Crippen LogP contribution is -2.23. The lowest BCUT2D eigenvalue weighted by molar-refractivity contribution is 0.112. The first kappa shape index (κ1) is 14.6. The van der Waals surface area contributed by atoms with Gasteiger partial charge < -0.3 is 9.64 Å². The standard InChI is InChI=1S/C19H21NO2/c1-14-8-15(2)10-17(9-14)12-20-6-3-7-22-19-5-4-16(13-21)11-18(19)20/h4-5,8-11,13H,3,6-7,12H2,1-2H3. The summed E-state index contributed by atoms with van der Waals surface area (Å²) in [7, 11) is 0. The molecule has 3 nitrogen and oxygen atoms in total. The SMILES string of the molecule is Cc1cc(C)cc(CN2CCCOc3ccc(C=O)cc32)c1. The number of rotatable bonds is 3. The van der Waals surface area contributed by atoms with Gasteiger partial charge in [-0.3, -0.25) is 4.79 Å². The number of ether oxygens (including phenoxy) is 1. The van der Waals surface area contributed by atoms with Gasteiger partial charge in [-0.2, -0.15) is 0 Å². The molecule has 0 unspecified atom stereocenters. The fourth-order valence-corrected chi connectivity index (χ4v) is 3.08. The Balaban J connectivity index is 1.95. The first-order chi connectivity index (χ1) is 10.7. The topological polar surface area (TPSA) is 29.5 Å². The number of aldehydes is 1. The molecule has 0 spiro atoms. The maximum absolute atomic E-state index is 11.1. The third kappa shape index (κ3) is 3.14. The van der Waals surface area contributed by atoms with Gasteiger partial charge in [0.25, 0.3) is 0 Å². The minimum Gasteiger partial charge on any atom is -0.491 e. The summed E-state index contributed by atoms with van der Waals surface area (Å²) in [5, 5.41) is 0. The van der Waals surface area contributed by atoms with E-state index in [1.54, 1.807) is 0 Å². The molecular weight excluding hydrogens is 274 g/mol. The van der Waals surface area contributed by atoms with Crippen LogP contribution in [-0.4, -0.2) is 19.4 Å². The zero-order chi connectivity index (χ0) is 15.5. The third-order valence-electron chi connectivity index (χ3n) is 3.94. The van der Waals surface area contributed by atoms with E-state index >= 15 is 0 Å². The Labute approximate surface area is 131 Å². The average Bonchev–Trinajstić information content (AvgIpc) is 2.68. The van der Waals surface area contributed by atoms with Crippen molar-refractivity contribution in [2.45, 2.75) is 26.8 Å². The van der Waals surface area contributed by atoms with Crippen LogP contribution < -0.4 is 9.64 Å². The van der Waals surface area contributed by atoms with Crippen molar-refractivity contribution in [1.82, 2.24) is 0 Å². The van der Waals surface area contributed by atoms with Crippen molar-refractivity contribution in [2.75, 3.05) is 18.1 Å². The maximum Gasteiger partial charge on any atom is 0.150 e. The molecule has 3 heteroatoms. The largest absolute Gasteiger partial charge is 0.491 e. The highest BCUT2D eigenvalue weighted by atomic mass is 16.5. The molecule has 1 aliphatic rings. The number of nitrogens with zero attached hydrogens (tertiary/aromatic N) is 1. The Morgan fingerprint density at radius 3 is 2.64 bits per heavy atom. The molecular formula is C19H21NO2. The van der Waals surface area contributed by atoms with Gasteiger partial charge in [-0.25, -0.2) is 0 Å². The molecule has 114 valence electrons. The zero-order valence-electron chi connectivity index (χ0n) is 13.1. The molecule has 0 aliphatic carbocycles. The van der Waals surface area contributed by atoms with Gasteiger partial charge in [0, 0.05) is 18.7 Å². The van der Waals surface area contributed by atoms with Crippen molar-refractivity contribution < 1.29 is 9.53 Å². The second-order valence-corrected chi connectivity index (χ2v) is 5.96. The molecule has 2 aromatic rings. The van der Waals surface area contributed by atoms with Crippen LogP contribution in [0.5, 0.6) is 5.75 Å². The maximum atomic E-state index is 11.1. The molecule has 0 saturated heterocycles. The van der Waals surface area contributed by atoms with Gasteiger partial charge in [-0.15, -0.1) is 0 Å². The molecule has 2 aromatic carbocycles. The van der Waals surface area contributed by atoms with Crippen LogP contribution in [-0.2, 0) is 6.54 Å². The van der Waals surface area contributed by atoms with E-state index < -0.39 is 0 Å². The Kier molecular flexibility index (Phi) is 4.14. The van der Waals surface area contributed by atoms with Crippen LogP contribution in [0.25, 0.3) is 0 Å². The van der Waals surface area contributed by atoms with Gasteiger partial charge in [0.15, 0.2) is 0 Å². The van der Waals surface area contributed by atoms with Crippen LogP contribution in [0.2, 0.25) is 0 Å². The third-order valence-corrected chi connectivity index (χ3v) is 3.94. The molecule has 0 fully saturated rings. The number of fused-ring (bicyclic) bond motifs is 1. The highest BCUT2D eigenvalue weighted by molar-refractivity contribution is 5.79. The molecule has 0 atom stereocenters. The highest BCUT2D eigenvalue weighted by Gasteiger charge is 2.17. The van der Waals surface area contributed by atoms with Crippen LogP contribution in [0, 0.1) is 13.8 Å². The van der Waals surface area contributed by atoms with Crippen molar-refractivity contribution in [1.29, 1.82) is 0 Å². The number of aryl methyl sites for hydroxylation is 2. The average molecular weight is 295 g/mol. The van der Waals surface area contributed by atoms with E-state index in [0.29, 0.717) is 5.56 Å². The fraction of sp³-hybridized carbons (Fsp3) is 0.316. The van der Waals surface area contributed by atoms with E-state index in [0.717, 1.165) is 43.8 Å². The predicted octanol–water partition coefficient (Wildman–Crippen LogP) is 3.91. The van der Waals surface area contributed by atoms with E-state index in [4.69, 9.17) is 4.74 Å². The van der Waals surface area contributed by atoms with E-state index in [9.17, 15) is 4.79 Å². The van der Waals surface area contributed by atoms with Crippen molar-refractivity contribution in [3.8, 4) is 5.75 Å². The first-order valence-electron chi connectivity index (χ1n) is 7.70. The molecule has 0 saturated carbocycles. The first-order valence-corrected chi connectivity index (χ1v) is 7.70. The number of hydrogen-bond acceptors (Lipinski definition) is 3. The molecule has 3 rings (SSSR count). The lowest BCUT2D eigenvalue weighted by atomic mass is 10.1. The Morgan fingerprint density at radius 2 is 1.91 bits per heavy atom. The van der Waals surface area contributed by atoms with Crippen LogP contribution >= 0.6 is 0 Å². The Hall–Kier alpha value is -2.29. The lowest BCUT2D eigenvalue weighted by Gasteiger charge is -2.24. The van der Waals surface area contributed by atoms with E-state index in [1.807, 2.05) is 18.2 Å². The van der Waals surface area contributed by atoms with Gasteiger partial charge in [0.2, 0.25) is 0 Å². The molecule has 0 amide bonds. The van der Waals surface area contributed by atoms with Gasteiger partial charge in [0.1, 0.15) is 12.0 Å². The van der Waals surface area contributed by atoms with Crippen molar-refractivity contribution in [3.63, 3.8) is 0 Å². The molecule has 1 aliphatic heterocycles. The fourth-order valence-electron chi connectivity index (χ4n) is 3.08. The van der Waals surface area contributed by atoms with Crippen LogP contribution in [0.3, 0.4) is 0 Å². The van der Waals surface area contributed by atoms with E-state index in [2.05, 4.69) is 36.9 Å². The Morgan fingerprint density at radius 1 is 1.14 bits per heavy atom. The quantitative estimate of drug-likeness (QED) is 0.804. The highest BCUT2D eigenvalue weighted by Crippen LogP contribution is 2.32. The molecule has 0 radical (unpaired) electrons. The van der Waals surface area contributed by atoms with Crippen molar-refractivity contribution in [2.24, 2.45) is 0 Å². The monoisotopic (exact) mass is 295 g/mol. The van der Waals surface area contributed by atoms with Gasteiger partial charge in [-0.05, 0) is 44.0 Å². The van der Waals surface area contributed by atoms with Crippen molar-refractivity contribution in [3.05, 3.63) is 58.7 Å². The number of carbonyl (C=O) groups is 1. The summed E-state index contributed by atoms with van der Waals surface area (Å²) >= 11 is 0. The summed E-state index contributed by atoms with van der Waals surface area (Å²) in [6.07, 6.45) is 1.87. The van der Waals surface area contributed by atoms with Crippen LogP contribution in [0.4, 0.5) is 5.69 Å². The number of carbonyl (C=O) groups excluding carboxylic acids is 1. The summed E-state index contributed by atoms with van der Waals surface area (Å²) in [4.78, 5) is 13.4. The minimum absolute atomic E-state index is 0.690. The second kappa shape index (κ2) is 6.22. The normalized spacial score (nSPS) is 14.0. The minimum atomic E-state index is 0.690.